The average molecular weight is 887 g/mol. The van der Waals surface area contributed by atoms with Crippen LogP contribution in [0.3, 0.4) is 0 Å². The summed E-state index contributed by atoms with van der Waals surface area (Å²) in [6.07, 6.45) is -6.69. The van der Waals surface area contributed by atoms with Gasteiger partial charge in [0, 0.05) is 0 Å². The number of hydrogen-bond donors (Lipinski definition) is 0. The molecule has 0 bridgehead atoms. The van der Waals surface area contributed by atoms with E-state index in [9.17, 15) is 26.3 Å². The predicted octanol–water partition coefficient (Wildman–Crippen LogP) is 6.14. The van der Waals surface area contributed by atoms with Crippen molar-refractivity contribution in [3.05, 3.63) is 131 Å². The molecule has 0 unspecified atom stereocenters. The summed E-state index contributed by atoms with van der Waals surface area (Å²) < 4.78 is 75.7. The Labute approximate surface area is 320 Å². The van der Waals surface area contributed by atoms with E-state index < -0.39 is 23.5 Å². The minimum atomic E-state index is -4.29. The predicted molar refractivity (Wildman–Crippen MR) is 178 cm³/mol. The summed E-state index contributed by atoms with van der Waals surface area (Å²) in [5.41, 5.74) is 4.81. The third-order valence-corrected chi connectivity index (χ3v) is 7.48. The molecule has 0 saturated heterocycles. The molecular weight excluding hydrogens is 851 g/mol. The van der Waals surface area contributed by atoms with E-state index in [0.29, 0.717) is 0 Å². The zero-order valence-corrected chi connectivity index (χ0v) is 34.2. The van der Waals surface area contributed by atoms with Gasteiger partial charge in [0.1, 0.15) is 0 Å². The Bertz CT molecular complexity index is 1700. The van der Waals surface area contributed by atoms with Crippen molar-refractivity contribution >= 4 is 42.7 Å². The molecule has 0 saturated carbocycles. The number of hydrogen-bond acceptors (Lipinski definition) is 0. The first kappa shape index (κ1) is 44.0. The van der Waals surface area contributed by atoms with E-state index in [2.05, 4.69) is 48.0 Å². The van der Waals surface area contributed by atoms with Crippen LogP contribution in [-0.2, 0) is 51.4 Å². The van der Waals surface area contributed by atoms with Crippen LogP contribution in [0.4, 0.5) is 26.3 Å². The standard InChI is InChI=1S/2C18H14F3.2CH3.2ClH.Sn.Zr.H/c2*1-2-12-10-14-4-3-5-16(17(14)11-12)13-6-8-15(9-7-13)18(19,20)21;;;;;;;/h2*3-11H,2H2,1H3;2*1H3;2*1H;;;/q2*-1;;;;;;+4;/p-2. The second kappa shape index (κ2) is 19.4. The molecule has 0 heterocycles. The summed E-state index contributed by atoms with van der Waals surface area (Å²) in [7, 11) is 0. The van der Waals surface area contributed by atoms with E-state index in [-0.39, 0.29) is 72.2 Å². The fourth-order valence-corrected chi connectivity index (χ4v) is 5.18. The van der Waals surface area contributed by atoms with Gasteiger partial charge in [-0.05, 0) is 48.2 Å². The van der Waals surface area contributed by atoms with Crippen LogP contribution in [0, 0.1) is 0 Å². The summed E-state index contributed by atoms with van der Waals surface area (Å²) in [6, 6.07) is 31.0. The van der Waals surface area contributed by atoms with Crippen LogP contribution >= 0.6 is 0 Å². The molecule has 0 atom stereocenters. The molecule has 6 aromatic rings. The molecule has 251 valence electrons. The normalized spacial score (nSPS) is 10.9. The first-order valence-electron chi connectivity index (χ1n) is 14.9. The third-order valence-electron chi connectivity index (χ3n) is 7.48. The molecule has 0 N–H and O–H groups in total. The van der Waals surface area contributed by atoms with Crippen LogP contribution in [0.2, 0.25) is 9.88 Å². The van der Waals surface area contributed by atoms with Gasteiger partial charge in [0.25, 0.3) is 0 Å². The van der Waals surface area contributed by atoms with Crippen molar-refractivity contribution in [1.29, 1.82) is 0 Å². The van der Waals surface area contributed by atoms with Crippen molar-refractivity contribution in [2.24, 2.45) is 0 Å². The average Bonchev–Trinajstić information content (AvgIpc) is 3.65. The number of rotatable bonds is 4. The summed E-state index contributed by atoms with van der Waals surface area (Å²) in [6.45, 7) is 4.18. The molecule has 0 fully saturated rings. The first-order valence-corrected chi connectivity index (χ1v) is 21.4. The van der Waals surface area contributed by atoms with Gasteiger partial charge in [-0.3, -0.25) is 0 Å². The second-order valence-corrected chi connectivity index (χ2v) is 14.1. The third kappa shape index (κ3) is 11.0. The SMILES string of the molecule is CCc1cc2c(-c3ccc(C(F)(F)F)cc3)cccc2[cH-]1.CCc1cc2c(-c3ccc(C(F)(F)F)cc3)cccc2[cH-]1.[CH3][SnH][CH3].[Cl-].[Cl-].[Zr+4]. The van der Waals surface area contributed by atoms with Crippen molar-refractivity contribution in [3.8, 4) is 22.3 Å². The first-order chi connectivity index (χ1) is 21.4. The Morgan fingerprint density at radius 2 is 0.854 bits per heavy atom. The van der Waals surface area contributed by atoms with Gasteiger partial charge < -0.3 is 24.8 Å². The number of alkyl halides is 6. The minimum absolute atomic E-state index is 0. The molecule has 0 aromatic heterocycles. The smallest absolute Gasteiger partial charge is 1.00 e. The Hall–Kier alpha value is -2.06. The maximum atomic E-state index is 12.6. The Morgan fingerprint density at radius 1 is 0.542 bits per heavy atom. The molecule has 0 aliphatic carbocycles. The van der Waals surface area contributed by atoms with Gasteiger partial charge in [0.15, 0.2) is 0 Å². The minimum Gasteiger partial charge on any atom is -1.00 e. The maximum absolute atomic E-state index is 12.6. The maximum Gasteiger partial charge on any atom is 4.00 e. The van der Waals surface area contributed by atoms with Crippen molar-refractivity contribution in [1.82, 2.24) is 0 Å². The van der Waals surface area contributed by atoms with E-state index in [1.165, 1.54) is 35.4 Å². The molecule has 0 aliphatic heterocycles. The molecule has 0 amide bonds. The van der Waals surface area contributed by atoms with Crippen LogP contribution in [0.25, 0.3) is 43.8 Å². The Morgan fingerprint density at radius 3 is 1.12 bits per heavy atom. The fraction of sp³-hybridized carbons (Fsp3) is 0.211. The van der Waals surface area contributed by atoms with Crippen LogP contribution in [0.15, 0.2) is 109 Å². The topological polar surface area (TPSA) is 0 Å². The summed E-state index contributed by atoms with van der Waals surface area (Å²) in [5, 5.41) is 4.44. The molecule has 6 aromatic carbocycles. The van der Waals surface area contributed by atoms with Crippen LogP contribution in [-0.4, -0.2) is 21.1 Å². The zero-order valence-electron chi connectivity index (χ0n) is 26.9. The fourth-order valence-electron chi connectivity index (χ4n) is 5.18. The van der Waals surface area contributed by atoms with Crippen LogP contribution in [0.5, 0.6) is 0 Å². The van der Waals surface area contributed by atoms with Crippen molar-refractivity contribution in [3.63, 3.8) is 0 Å². The van der Waals surface area contributed by atoms with Crippen LogP contribution < -0.4 is 24.8 Å². The quantitative estimate of drug-likeness (QED) is 0.114. The van der Waals surface area contributed by atoms with Crippen LogP contribution in [0.1, 0.15) is 36.1 Å². The van der Waals surface area contributed by atoms with Crippen molar-refractivity contribution in [2.75, 3.05) is 0 Å². The number of fused-ring (bicyclic) bond motifs is 2. The number of aryl methyl sites for hydroxylation is 2. The summed E-state index contributed by atoms with van der Waals surface area (Å²) >= 11 is 0.110. The monoisotopic (exact) mass is 885 g/mol. The van der Waals surface area contributed by atoms with E-state index in [1.807, 2.05) is 36.4 Å². The molecule has 0 nitrogen and oxygen atoms in total. The Kier molecular flexibility index (Phi) is 17.7. The van der Waals surface area contributed by atoms with Gasteiger partial charge in [0.05, 0.1) is 11.1 Å². The summed E-state index contributed by atoms with van der Waals surface area (Å²) in [4.78, 5) is 4.63. The zero-order chi connectivity index (χ0) is 32.8. The van der Waals surface area contributed by atoms with Gasteiger partial charge in [0.2, 0.25) is 0 Å². The van der Waals surface area contributed by atoms with Gasteiger partial charge in [-0.2, -0.15) is 38.5 Å². The van der Waals surface area contributed by atoms with E-state index in [4.69, 9.17) is 0 Å². The second-order valence-electron chi connectivity index (χ2n) is 10.8. The van der Waals surface area contributed by atoms with Gasteiger partial charge in [-0.25, -0.2) is 0 Å². The molecule has 10 heteroatoms. The van der Waals surface area contributed by atoms with Crippen molar-refractivity contribution < 1.29 is 77.4 Å². The number of halogens is 8. The van der Waals surface area contributed by atoms with Crippen molar-refractivity contribution in [2.45, 2.75) is 48.9 Å². The largest absolute Gasteiger partial charge is 4.00 e. The molecule has 0 spiro atoms. The molecule has 48 heavy (non-hydrogen) atoms. The summed E-state index contributed by atoms with van der Waals surface area (Å²) in [5.74, 6) is 0. The van der Waals surface area contributed by atoms with E-state index in [0.717, 1.165) is 80.9 Å². The molecule has 1 radical (unpaired) electrons. The molecule has 0 aliphatic rings. The van der Waals surface area contributed by atoms with Gasteiger partial charge in [-0.15, -0.1) is 69.1 Å². The number of benzene rings is 4. The molecule has 6 rings (SSSR count). The van der Waals surface area contributed by atoms with Gasteiger partial charge >= 0.3 is 69.6 Å². The molecular formula is C38H35Cl2F6SnZr. The Balaban J connectivity index is 0.000000420. The van der Waals surface area contributed by atoms with E-state index >= 15 is 0 Å². The van der Waals surface area contributed by atoms with Gasteiger partial charge in [-0.1, -0.05) is 61.4 Å². The van der Waals surface area contributed by atoms with E-state index in [1.54, 1.807) is 0 Å².